The number of benzene rings is 3. The largest absolute Gasteiger partial charge is 0.491 e. The Balaban J connectivity index is 1.49. The molecule has 0 aliphatic rings. The number of anilines is 2. The van der Waals surface area contributed by atoms with Crippen LogP contribution < -0.4 is 25.4 Å². The van der Waals surface area contributed by atoms with Crippen LogP contribution in [0, 0.1) is 0 Å². The van der Waals surface area contributed by atoms with E-state index in [0.717, 1.165) is 6.42 Å². The molecule has 0 aliphatic carbocycles. The lowest BCUT2D eigenvalue weighted by Crippen LogP contribution is -2.34. The molecule has 0 aromatic heterocycles. The third-order valence-electron chi connectivity index (χ3n) is 4.77. The van der Waals surface area contributed by atoms with Gasteiger partial charge in [0.25, 0.3) is 11.8 Å². The second-order valence-electron chi connectivity index (χ2n) is 7.50. The van der Waals surface area contributed by atoms with Gasteiger partial charge in [-0.3, -0.25) is 14.9 Å². The van der Waals surface area contributed by atoms with Crippen molar-refractivity contribution in [2.75, 3.05) is 17.2 Å². The monoisotopic (exact) mass is 477 g/mol. The van der Waals surface area contributed by atoms with Gasteiger partial charge in [-0.15, -0.1) is 0 Å². The fourth-order valence-electron chi connectivity index (χ4n) is 2.88. The Morgan fingerprint density at radius 3 is 2.24 bits per heavy atom. The molecule has 1 atom stereocenters. The molecular weight excluding hydrogens is 450 g/mol. The van der Waals surface area contributed by atoms with Crippen LogP contribution in [0.2, 0.25) is 0 Å². The molecule has 0 fully saturated rings. The van der Waals surface area contributed by atoms with Gasteiger partial charge < -0.3 is 20.1 Å². The van der Waals surface area contributed by atoms with Gasteiger partial charge in [0.1, 0.15) is 11.5 Å². The van der Waals surface area contributed by atoms with Gasteiger partial charge in [-0.25, -0.2) is 0 Å². The third kappa shape index (κ3) is 7.90. The quantitative estimate of drug-likeness (QED) is 0.376. The Bertz CT molecular complexity index is 1120. The van der Waals surface area contributed by atoms with Gasteiger partial charge in [-0.2, -0.15) is 0 Å². The maximum Gasteiger partial charge on any atom is 0.262 e. The number of carbonyl (C=O) groups is 2. The van der Waals surface area contributed by atoms with Crippen molar-refractivity contribution in [3.05, 3.63) is 84.4 Å². The Hall–Kier alpha value is -3.91. The molecule has 3 rings (SSSR count). The molecule has 0 saturated carbocycles. The highest BCUT2D eigenvalue weighted by Crippen LogP contribution is 2.17. The lowest BCUT2D eigenvalue weighted by atomic mass is 10.2. The van der Waals surface area contributed by atoms with Gasteiger partial charge in [-0.05, 0) is 80.2 Å². The summed E-state index contributed by atoms with van der Waals surface area (Å²) in [5.74, 6) is 0.694. The van der Waals surface area contributed by atoms with Crippen LogP contribution in [0.1, 0.15) is 30.6 Å². The van der Waals surface area contributed by atoms with Crippen molar-refractivity contribution in [1.29, 1.82) is 0 Å². The Labute approximate surface area is 204 Å². The summed E-state index contributed by atoms with van der Waals surface area (Å²) < 4.78 is 11.2. The average molecular weight is 478 g/mol. The van der Waals surface area contributed by atoms with Crippen molar-refractivity contribution in [2.45, 2.75) is 26.4 Å². The normalized spacial score (nSPS) is 11.1. The summed E-state index contributed by atoms with van der Waals surface area (Å²) >= 11 is 5.26. The minimum Gasteiger partial charge on any atom is -0.491 e. The zero-order valence-electron chi connectivity index (χ0n) is 19.0. The SMILES string of the molecule is CCC(C)Oc1ccc(C(=O)NC(=S)Nc2cccc(NC(=O)COc3ccccc3)c2)cc1. The summed E-state index contributed by atoms with van der Waals surface area (Å²) in [7, 11) is 0. The molecule has 3 aromatic carbocycles. The van der Waals surface area contributed by atoms with E-state index < -0.39 is 0 Å². The molecule has 3 aromatic rings. The zero-order chi connectivity index (χ0) is 24.3. The van der Waals surface area contributed by atoms with Gasteiger partial charge in [-0.1, -0.05) is 31.2 Å². The number of ether oxygens (including phenoxy) is 2. The van der Waals surface area contributed by atoms with Gasteiger partial charge in [0.15, 0.2) is 11.7 Å². The highest BCUT2D eigenvalue weighted by Gasteiger charge is 2.10. The number of carbonyl (C=O) groups excluding carboxylic acids is 2. The van der Waals surface area contributed by atoms with Crippen LogP contribution in [0.3, 0.4) is 0 Å². The first-order valence-electron chi connectivity index (χ1n) is 10.9. The van der Waals surface area contributed by atoms with Crippen molar-refractivity contribution in [1.82, 2.24) is 5.32 Å². The number of amides is 2. The van der Waals surface area contributed by atoms with Gasteiger partial charge in [0.2, 0.25) is 0 Å². The summed E-state index contributed by atoms with van der Waals surface area (Å²) in [6.45, 7) is 3.92. The topological polar surface area (TPSA) is 88.7 Å². The highest BCUT2D eigenvalue weighted by molar-refractivity contribution is 7.80. The van der Waals surface area contributed by atoms with E-state index in [-0.39, 0.29) is 29.6 Å². The fourth-order valence-corrected chi connectivity index (χ4v) is 3.09. The van der Waals surface area contributed by atoms with Gasteiger partial charge >= 0.3 is 0 Å². The van der Waals surface area contributed by atoms with E-state index in [1.165, 1.54) is 0 Å². The van der Waals surface area contributed by atoms with E-state index in [1.807, 2.05) is 32.0 Å². The minimum absolute atomic E-state index is 0.105. The second kappa shape index (κ2) is 12.4. The van der Waals surface area contributed by atoms with E-state index in [1.54, 1.807) is 60.7 Å². The molecule has 0 heterocycles. The number of hydrogen-bond donors (Lipinski definition) is 3. The average Bonchev–Trinajstić information content (AvgIpc) is 2.84. The van der Waals surface area contributed by atoms with Crippen molar-refractivity contribution in [2.24, 2.45) is 0 Å². The van der Waals surface area contributed by atoms with Gasteiger partial charge in [0.05, 0.1) is 6.10 Å². The predicted octanol–water partition coefficient (Wildman–Crippen LogP) is 5.01. The smallest absolute Gasteiger partial charge is 0.262 e. The van der Waals surface area contributed by atoms with E-state index >= 15 is 0 Å². The molecule has 0 saturated heterocycles. The molecule has 2 amide bonds. The van der Waals surface area contributed by atoms with Crippen LogP contribution >= 0.6 is 12.2 Å². The molecule has 3 N–H and O–H groups in total. The third-order valence-corrected chi connectivity index (χ3v) is 4.98. The fraction of sp³-hybridized carbons (Fsp3) is 0.192. The van der Waals surface area contributed by atoms with E-state index in [4.69, 9.17) is 21.7 Å². The van der Waals surface area contributed by atoms with E-state index in [2.05, 4.69) is 16.0 Å². The molecule has 7 nitrogen and oxygen atoms in total. The van der Waals surface area contributed by atoms with Crippen molar-refractivity contribution in [3.63, 3.8) is 0 Å². The first kappa shape index (κ1) is 24.7. The summed E-state index contributed by atoms with van der Waals surface area (Å²) in [5.41, 5.74) is 1.64. The highest BCUT2D eigenvalue weighted by atomic mass is 32.1. The summed E-state index contributed by atoms with van der Waals surface area (Å²) in [4.78, 5) is 24.7. The summed E-state index contributed by atoms with van der Waals surface area (Å²) in [6.07, 6.45) is 1.00. The summed E-state index contributed by atoms with van der Waals surface area (Å²) in [6, 6.07) is 23.0. The van der Waals surface area contributed by atoms with Crippen molar-refractivity contribution >= 4 is 40.5 Å². The molecule has 8 heteroatoms. The van der Waals surface area contributed by atoms with Crippen LogP contribution in [-0.2, 0) is 4.79 Å². The van der Waals surface area contributed by atoms with Crippen molar-refractivity contribution in [3.8, 4) is 11.5 Å². The predicted molar refractivity (Wildman–Crippen MR) is 138 cm³/mol. The number of rotatable bonds is 9. The van der Waals surface area contributed by atoms with Crippen LogP contribution in [0.5, 0.6) is 11.5 Å². The first-order valence-corrected chi connectivity index (χ1v) is 11.3. The maximum atomic E-state index is 12.5. The lowest BCUT2D eigenvalue weighted by Gasteiger charge is -2.13. The van der Waals surface area contributed by atoms with Crippen molar-refractivity contribution < 1.29 is 19.1 Å². The standard InChI is InChI=1S/C26H27N3O4S/c1-3-18(2)33-23-14-12-19(13-15-23)25(31)29-26(34)28-21-9-7-8-20(16-21)27-24(30)17-32-22-10-5-4-6-11-22/h4-16,18H,3,17H2,1-2H3,(H,27,30)(H2,28,29,31,34). The molecule has 0 aliphatic heterocycles. The number of thiocarbonyl (C=S) groups is 1. The van der Waals surface area contributed by atoms with Crippen LogP contribution in [0.25, 0.3) is 0 Å². The molecular formula is C26H27N3O4S. The van der Waals surface area contributed by atoms with Crippen LogP contribution in [0.15, 0.2) is 78.9 Å². The van der Waals surface area contributed by atoms with E-state index in [0.29, 0.717) is 28.4 Å². The second-order valence-corrected chi connectivity index (χ2v) is 7.91. The van der Waals surface area contributed by atoms with E-state index in [9.17, 15) is 9.59 Å². The number of hydrogen-bond acceptors (Lipinski definition) is 5. The van der Waals surface area contributed by atoms with Gasteiger partial charge in [0, 0.05) is 16.9 Å². The molecule has 1 unspecified atom stereocenters. The van der Waals surface area contributed by atoms with Crippen LogP contribution in [-0.4, -0.2) is 29.6 Å². The number of nitrogens with one attached hydrogen (secondary N) is 3. The molecule has 176 valence electrons. The zero-order valence-corrected chi connectivity index (χ0v) is 19.9. The Morgan fingerprint density at radius 1 is 0.882 bits per heavy atom. The lowest BCUT2D eigenvalue weighted by molar-refractivity contribution is -0.118. The Morgan fingerprint density at radius 2 is 1.56 bits per heavy atom. The van der Waals surface area contributed by atoms with Crippen LogP contribution in [0.4, 0.5) is 11.4 Å². The molecule has 0 spiro atoms. The Kier molecular flexibility index (Phi) is 8.99. The number of para-hydroxylation sites is 1. The molecule has 0 bridgehead atoms. The minimum atomic E-state index is -0.338. The molecule has 34 heavy (non-hydrogen) atoms. The summed E-state index contributed by atoms with van der Waals surface area (Å²) in [5, 5.41) is 8.51. The first-order chi connectivity index (χ1) is 16.4. The maximum absolute atomic E-state index is 12.5. The molecule has 0 radical (unpaired) electrons.